The van der Waals surface area contributed by atoms with Crippen LogP contribution in [0.1, 0.15) is 101 Å². The van der Waals surface area contributed by atoms with Crippen LogP contribution in [0.15, 0.2) is 29.3 Å². The molecule has 0 fully saturated rings. The van der Waals surface area contributed by atoms with Gasteiger partial charge in [-0.15, -0.1) is 0 Å². The third-order valence-corrected chi connectivity index (χ3v) is 6.61. The molecule has 0 unspecified atom stereocenters. The molecule has 38 heavy (non-hydrogen) atoms. The molecule has 0 aliphatic carbocycles. The van der Waals surface area contributed by atoms with Gasteiger partial charge in [0.2, 0.25) is 11.8 Å². The summed E-state index contributed by atoms with van der Waals surface area (Å²) in [7, 11) is 1.27. The maximum atomic E-state index is 13.2. The second-order valence-electron chi connectivity index (χ2n) is 9.77. The summed E-state index contributed by atoms with van der Waals surface area (Å²) in [5, 5.41) is 5.97. The summed E-state index contributed by atoms with van der Waals surface area (Å²) in [6.07, 6.45) is 13.4. The van der Waals surface area contributed by atoms with Gasteiger partial charge in [-0.2, -0.15) is 0 Å². The Balaban J connectivity index is 2.10. The summed E-state index contributed by atoms with van der Waals surface area (Å²) in [5.74, 6) is -1.09. The molecule has 210 valence electrons. The van der Waals surface area contributed by atoms with E-state index >= 15 is 0 Å². The first-order chi connectivity index (χ1) is 18.4. The van der Waals surface area contributed by atoms with Gasteiger partial charge in [0.25, 0.3) is 5.56 Å². The molecule has 9 nitrogen and oxygen atoms in total. The minimum Gasteiger partial charge on any atom is -0.465 e. The van der Waals surface area contributed by atoms with E-state index < -0.39 is 17.6 Å². The molecule has 1 atom stereocenters. The lowest BCUT2D eigenvalue weighted by Gasteiger charge is -2.20. The fourth-order valence-electron chi connectivity index (χ4n) is 4.32. The fourth-order valence-corrected chi connectivity index (χ4v) is 4.32. The molecule has 1 aromatic carbocycles. The van der Waals surface area contributed by atoms with Gasteiger partial charge in [0.05, 0.1) is 36.4 Å². The lowest BCUT2D eigenvalue weighted by molar-refractivity contribution is -0.129. The summed E-state index contributed by atoms with van der Waals surface area (Å²) >= 11 is 0. The number of hydrogen-bond acceptors (Lipinski definition) is 6. The number of carbonyl (C=O) groups excluding carboxylic acids is 3. The average Bonchev–Trinajstić information content (AvgIpc) is 2.92. The summed E-state index contributed by atoms with van der Waals surface area (Å²) in [5.41, 5.74) is 0.266. The molecule has 1 aromatic heterocycles. The van der Waals surface area contributed by atoms with E-state index in [-0.39, 0.29) is 29.3 Å². The lowest BCUT2D eigenvalue weighted by Crippen LogP contribution is -2.50. The van der Waals surface area contributed by atoms with Crippen LogP contribution in [0.4, 0.5) is 0 Å². The number of nitrogens with one attached hydrogen (secondary N) is 2. The maximum Gasteiger partial charge on any atom is 0.337 e. The Kier molecular flexibility index (Phi) is 14.1. The number of ether oxygens (including phenoxy) is 1. The zero-order valence-corrected chi connectivity index (χ0v) is 23.2. The summed E-state index contributed by atoms with van der Waals surface area (Å²) in [6.45, 7) is 4.76. The first-order valence-electron chi connectivity index (χ1n) is 14.1. The van der Waals surface area contributed by atoms with E-state index in [2.05, 4.69) is 29.5 Å². The molecular weight excluding hydrogens is 484 g/mol. The van der Waals surface area contributed by atoms with Gasteiger partial charge in [0.1, 0.15) is 6.04 Å². The van der Waals surface area contributed by atoms with E-state index in [0.717, 1.165) is 44.9 Å². The fraction of sp³-hybridized carbons (Fsp3) is 0.621. The molecule has 2 amide bonds. The Labute approximate surface area is 225 Å². The quantitative estimate of drug-likeness (QED) is 0.217. The smallest absolute Gasteiger partial charge is 0.337 e. The van der Waals surface area contributed by atoms with E-state index in [9.17, 15) is 19.2 Å². The van der Waals surface area contributed by atoms with E-state index in [1.165, 1.54) is 49.8 Å². The van der Waals surface area contributed by atoms with Crippen molar-refractivity contribution in [3.05, 3.63) is 40.4 Å². The SMILES string of the molecule is CCCCCCCCCC(=O)N[C@@H](Cn1cnc2ccc(C(=O)OC)cc2c1=O)C(=O)NCCCCCC. The van der Waals surface area contributed by atoms with Crippen molar-refractivity contribution in [1.29, 1.82) is 0 Å². The van der Waals surface area contributed by atoms with Crippen LogP contribution in [0.3, 0.4) is 0 Å². The predicted molar refractivity (Wildman–Crippen MR) is 149 cm³/mol. The van der Waals surface area contributed by atoms with Gasteiger partial charge in [-0.1, -0.05) is 71.6 Å². The van der Waals surface area contributed by atoms with Crippen molar-refractivity contribution in [1.82, 2.24) is 20.2 Å². The molecule has 2 rings (SSSR count). The monoisotopic (exact) mass is 528 g/mol. The van der Waals surface area contributed by atoms with Crippen molar-refractivity contribution >= 4 is 28.7 Å². The topological polar surface area (TPSA) is 119 Å². The maximum absolute atomic E-state index is 13.2. The number of benzene rings is 1. The van der Waals surface area contributed by atoms with Gasteiger partial charge in [-0.05, 0) is 31.0 Å². The molecule has 2 N–H and O–H groups in total. The highest BCUT2D eigenvalue weighted by atomic mass is 16.5. The lowest BCUT2D eigenvalue weighted by atomic mass is 10.1. The number of nitrogens with zero attached hydrogens (tertiary/aromatic N) is 2. The zero-order chi connectivity index (χ0) is 27.8. The number of unbranched alkanes of at least 4 members (excludes halogenated alkanes) is 9. The predicted octanol–water partition coefficient (Wildman–Crippen LogP) is 4.51. The molecule has 0 saturated carbocycles. The highest BCUT2D eigenvalue weighted by Crippen LogP contribution is 2.12. The van der Waals surface area contributed by atoms with Crippen molar-refractivity contribution in [2.24, 2.45) is 0 Å². The van der Waals surface area contributed by atoms with Crippen LogP contribution >= 0.6 is 0 Å². The molecule has 9 heteroatoms. The normalized spacial score (nSPS) is 11.8. The van der Waals surface area contributed by atoms with E-state index in [1.807, 2.05) is 0 Å². The minimum atomic E-state index is -0.918. The van der Waals surface area contributed by atoms with Crippen LogP contribution < -0.4 is 16.2 Å². The van der Waals surface area contributed by atoms with Gasteiger partial charge in [0.15, 0.2) is 0 Å². The van der Waals surface area contributed by atoms with Crippen LogP contribution in [0.25, 0.3) is 10.9 Å². The van der Waals surface area contributed by atoms with Gasteiger partial charge in [-0.3, -0.25) is 19.0 Å². The molecule has 2 aromatic rings. The third kappa shape index (κ3) is 10.3. The zero-order valence-electron chi connectivity index (χ0n) is 23.2. The number of aromatic nitrogens is 2. The standard InChI is InChI=1S/C29H44N4O5/c1-4-6-8-10-11-12-13-15-26(34)32-25(27(35)30-18-14-9-7-5-2)20-33-21-31-24-17-16-22(29(37)38-3)19-23(24)28(33)36/h16-17,19,21,25H,4-15,18,20H2,1-3H3,(H,30,35)(H,32,34)/t25-/m0/s1. The summed E-state index contributed by atoms with van der Waals surface area (Å²) in [4.78, 5) is 55.2. The summed E-state index contributed by atoms with van der Waals surface area (Å²) in [6, 6.07) is 3.65. The Morgan fingerprint density at radius 2 is 1.61 bits per heavy atom. The molecule has 0 bridgehead atoms. The molecule has 0 aliphatic heterocycles. The number of fused-ring (bicyclic) bond motifs is 1. The number of methoxy groups -OCH3 is 1. The number of hydrogen-bond donors (Lipinski definition) is 2. The molecule has 0 spiro atoms. The highest BCUT2D eigenvalue weighted by Gasteiger charge is 2.22. The first kappa shape index (κ1) is 31.0. The van der Waals surface area contributed by atoms with Crippen LogP contribution in [-0.4, -0.2) is 47.0 Å². The number of carbonyl (C=O) groups is 3. The number of rotatable bonds is 18. The first-order valence-corrected chi connectivity index (χ1v) is 14.1. The van der Waals surface area contributed by atoms with Gasteiger partial charge in [0, 0.05) is 13.0 Å². The molecule has 1 heterocycles. The van der Waals surface area contributed by atoms with Gasteiger partial charge < -0.3 is 15.4 Å². The van der Waals surface area contributed by atoms with Crippen molar-refractivity contribution < 1.29 is 19.1 Å². The number of esters is 1. The van der Waals surface area contributed by atoms with Crippen molar-refractivity contribution in [2.45, 2.75) is 103 Å². The van der Waals surface area contributed by atoms with Crippen LogP contribution in [-0.2, 0) is 20.9 Å². The van der Waals surface area contributed by atoms with E-state index in [0.29, 0.717) is 18.5 Å². The summed E-state index contributed by atoms with van der Waals surface area (Å²) < 4.78 is 6.06. The van der Waals surface area contributed by atoms with Gasteiger partial charge in [-0.25, -0.2) is 9.78 Å². The Morgan fingerprint density at radius 3 is 2.29 bits per heavy atom. The van der Waals surface area contributed by atoms with Crippen molar-refractivity contribution in [3.8, 4) is 0 Å². The van der Waals surface area contributed by atoms with Crippen molar-refractivity contribution in [3.63, 3.8) is 0 Å². The number of amides is 2. The van der Waals surface area contributed by atoms with Crippen LogP contribution in [0, 0.1) is 0 Å². The molecule has 0 radical (unpaired) electrons. The Bertz CT molecular complexity index is 1100. The third-order valence-electron chi connectivity index (χ3n) is 6.61. The van der Waals surface area contributed by atoms with Gasteiger partial charge >= 0.3 is 5.97 Å². The second kappa shape index (κ2) is 17.3. The van der Waals surface area contributed by atoms with E-state index in [4.69, 9.17) is 4.74 Å². The van der Waals surface area contributed by atoms with Crippen LogP contribution in [0.5, 0.6) is 0 Å². The van der Waals surface area contributed by atoms with Crippen LogP contribution in [0.2, 0.25) is 0 Å². The van der Waals surface area contributed by atoms with Crippen molar-refractivity contribution in [2.75, 3.05) is 13.7 Å². The Hall–Kier alpha value is -3.23. The second-order valence-corrected chi connectivity index (χ2v) is 9.77. The van der Waals surface area contributed by atoms with E-state index in [1.54, 1.807) is 12.1 Å². The minimum absolute atomic E-state index is 0.0617. The largest absolute Gasteiger partial charge is 0.465 e. The molecule has 0 saturated heterocycles. The average molecular weight is 529 g/mol. The highest BCUT2D eigenvalue weighted by molar-refractivity contribution is 5.94. The Morgan fingerprint density at radius 1 is 0.947 bits per heavy atom. The molecular formula is C29H44N4O5. The molecule has 0 aliphatic rings.